The van der Waals surface area contributed by atoms with Gasteiger partial charge in [-0.25, -0.2) is 0 Å². The maximum atomic E-state index is 11.9. The highest BCUT2D eigenvalue weighted by Gasteiger charge is 2.16. The molecule has 120 valence electrons. The lowest BCUT2D eigenvalue weighted by molar-refractivity contribution is -0.116. The second kappa shape index (κ2) is 10.7. The summed E-state index contributed by atoms with van der Waals surface area (Å²) in [5.74, 6) is 0.0990. The Bertz CT molecular complexity index is 423. The molecule has 0 bridgehead atoms. The van der Waals surface area contributed by atoms with Gasteiger partial charge in [0, 0.05) is 19.5 Å². The topological polar surface area (TPSA) is 44.4 Å². The van der Waals surface area contributed by atoms with E-state index in [4.69, 9.17) is 0 Å². The SMILES string of the molecule is CNCCCC(=O)Nc1ccccc1N1CCCC1.Cl.Cl. The minimum atomic E-state index is 0. The first-order chi connectivity index (χ1) is 9.31. The monoisotopic (exact) mass is 333 g/mol. The van der Waals surface area contributed by atoms with E-state index in [1.165, 1.54) is 12.8 Å². The van der Waals surface area contributed by atoms with Gasteiger partial charge in [0.2, 0.25) is 5.91 Å². The molecule has 0 unspecified atom stereocenters. The summed E-state index contributed by atoms with van der Waals surface area (Å²) in [7, 11) is 1.90. The second-order valence-electron chi connectivity index (χ2n) is 4.97. The molecule has 2 N–H and O–H groups in total. The van der Waals surface area contributed by atoms with E-state index in [2.05, 4.69) is 21.6 Å². The Morgan fingerprint density at radius 2 is 1.86 bits per heavy atom. The summed E-state index contributed by atoms with van der Waals surface area (Å²) in [6.45, 7) is 3.06. The summed E-state index contributed by atoms with van der Waals surface area (Å²) in [5.41, 5.74) is 2.10. The molecule has 0 spiro atoms. The third-order valence-corrected chi connectivity index (χ3v) is 3.46. The number of para-hydroxylation sites is 2. The Morgan fingerprint density at radius 3 is 2.52 bits per heavy atom. The van der Waals surface area contributed by atoms with Crippen LogP contribution < -0.4 is 15.5 Å². The summed E-state index contributed by atoms with van der Waals surface area (Å²) in [6, 6.07) is 8.09. The highest BCUT2D eigenvalue weighted by Crippen LogP contribution is 2.28. The first-order valence-corrected chi connectivity index (χ1v) is 7.09. The Hall–Kier alpha value is -0.970. The van der Waals surface area contributed by atoms with Gasteiger partial charge in [-0.05, 0) is 45.0 Å². The Balaban J connectivity index is 0.00000200. The molecule has 0 aromatic heterocycles. The van der Waals surface area contributed by atoms with Crippen LogP contribution in [0.3, 0.4) is 0 Å². The first-order valence-electron chi connectivity index (χ1n) is 7.09. The molecular weight excluding hydrogens is 309 g/mol. The molecule has 2 rings (SSSR count). The molecule has 0 saturated carbocycles. The maximum Gasteiger partial charge on any atom is 0.224 e. The number of carbonyl (C=O) groups excluding carboxylic acids is 1. The molecule has 1 aromatic carbocycles. The van der Waals surface area contributed by atoms with Crippen molar-refractivity contribution in [3.8, 4) is 0 Å². The smallest absolute Gasteiger partial charge is 0.224 e. The molecule has 21 heavy (non-hydrogen) atoms. The van der Waals surface area contributed by atoms with Crippen LogP contribution in [-0.4, -0.2) is 32.6 Å². The van der Waals surface area contributed by atoms with Crippen molar-refractivity contribution in [1.29, 1.82) is 0 Å². The molecule has 1 fully saturated rings. The van der Waals surface area contributed by atoms with Crippen LogP contribution in [0.25, 0.3) is 0 Å². The van der Waals surface area contributed by atoms with E-state index >= 15 is 0 Å². The second-order valence-corrected chi connectivity index (χ2v) is 4.97. The average Bonchev–Trinajstić information content (AvgIpc) is 2.93. The largest absolute Gasteiger partial charge is 0.370 e. The molecule has 6 heteroatoms. The molecule has 1 heterocycles. The molecule has 4 nitrogen and oxygen atoms in total. The molecular formula is C15H25Cl2N3O. The lowest BCUT2D eigenvalue weighted by Gasteiger charge is -2.21. The number of amides is 1. The van der Waals surface area contributed by atoms with Crippen LogP contribution in [0.2, 0.25) is 0 Å². The molecule has 1 aliphatic heterocycles. The van der Waals surface area contributed by atoms with E-state index in [9.17, 15) is 4.79 Å². The van der Waals surface area contributed by atoms with E-state index in [0.29, 0.717) is 6.42 Å². The van der Waals surface area contributed by atoms with Gasteiger partial charge in [-0.2, -0.15) is 0 Å². The Morgan fingerprint density at radius 1 is 1.19 bits per heavy atom. The van der Waals surface area contributed by atoms with Gasteiger partial charge in [0.25, 0.3) is 0 Å². The molecule has 0 atom stereocenters. The summed E-state index contributed by atoms with van der Waals surface area (Å²) in [4.78, 5) is 14.2. The number of hydrogen-bond acceptors (Lipinski definition) is 3. The zero-order chi connectivity index (χ0) is 13.5. The van der Waals surface area contributed by atoms with Gasteiger partial charge >= 0.3 is 0 Å². The van der Waals surface area contributed by atoms with Crippen LogP contribution in [0.4, 0.5) is 11.4 Å². The summed E-state index contributed by atoms with van der Waals surface area (Å²) < 4.78 is 0. The minimum absolute atomic E-state index is 0. The van der Waals surface area contributed by atoms with Crippen LogP contribution in [0.1, 0.15) is 25.7 Å². The quantitative estimate of drug-likeness (QED) is 0.786. The highest BCUT2D eigenvalue weighted by atomic mass is 35.5. The van der Waals surface area contributed by atoms with Gasteiger partial charge in [0.1, 0.15) is 0 Å². The van der Waals surface area contributed by atoms with Crippen molar-refractivity contribution in [3.05, 3.63) is 24.3 Å². The molecule has 1 aliphatic rings. The summed E-state index contributed by atoms with van der Waals surface area (Å²) in [5, 5.41) is 6.09. The van der Waals surface area contributed by atoms with Gasteiger partial charge in [-0.15, -0.1) is 24.8 Å². The zero-order valence-electron chi connectivity index (χ0n) is 12.4. The molecule has 1 aromatic rings. The van der Waals surface area contributed by atoms with Crippen LogP contribution in [0.5, 0.6) is 0 Å². The first kappa shape index (κ1) is 20.0. The number of hydrogen-bond donors (Lipinski definition) is 2. The summed E-state index contributed by atoms with van der Waals surface area (Å²) in [6.07, 6.45) is 3.91. The Labute approximate surface area is 139 Å². The minimum Gasteiger partial charge on any atom is -0.370 e. The van der Waals surface area contributed by atoms with Crippen molar-refractivity contribution >= 4 is 42.1 Å². The van der Waals surface area contributed by atoms with E-state index in [0.717, 1.165) is 37.4 Å². The third-order valence-electron chi connectivity index (χ3n) is 3.46. The van der Waals surface area contributed by atoms with Crippen molar-refractivity contribution in [2.45, 2.75) is 25.7 Å². The predicted molar refractivity (Wildman–Crippen MR) is 94.2 cm³/mol. The molecule has 0 aliphatic carbocycles. The fraction of sp³-hybridized carbons (Fsp3) is 0.533. The number of anilines is 2. The number of nitrogens with one attached hydrogen (secondary N) is 2. The fourth-order valence-electron chi connectivity index (χ4n) is 2.45. The normalized spacial score (nSPS) is 13.3. The van der Waals surface area contributed by atoms with Crippen molar-refractivity contribution in [1.82, 2.24) is 5.32 Å². The standard InChI is InChI=1S/C15H23N3O.2ClH/c1-16-10-6-9-15(19)17-13-7-2-3-8-14(13)18-11-4-5-12-18;;/h2-3,7-8,16H,4-6,9-12H2,1H3,(H,17,19);2*1H. The number of rotatable bonds is 6. The van der Waals surface area contributed by atoms with Crippen molar-refractivity contribution < 1.29 is 4.79 Å². The van der Waals surface area contributed by atoms with E-state index in [-0.39, 0.29) is 30.7 Å². The van der Waals surface area contributed by atoms with Crippen LogP contribution in [-0.2, 0) is 4.79 Å². The van der Waals surface area contributed by atoms with Crippen molar-refractivity contribution in [3.63, 3.8) is 0 Å². The molecule has 0 radical (unpaired) electrons. The van der Waals surface area contributed by atoms with E-state index in [1.807, 2.05) is 25.2 Å². The number of benzene rings is 1. The van der Waals surface area contributed by atoms with Gasteiger partial charge in [-0.3, -0.25) is 4.79 Å². The lowest BCUT2D eigenvalue weighted by Crippen LogP contribution is -2.21. The van der Waals surface area contributed by atoms with Gasteiger partial charge < -0.3 is 15.5 Å². The maximum absolute atomic E-state index is 11.9. The van der Waals surface area contributed by atoms with Crippen LogP contribution >= 0.6 is 24.8 Å². The zero-order valence-corrected chi connectivity index (χ0v) is 14.1. The van der Waals surface area contributed by atoms with Gasteiger partial charge in [-0.1, -0.05) is 12.1 Å². The molecule has 1 saturated heterocycles. The lowest BCUT2D eigenvalue weighted by atomic mass is 10.2. The third kappa shape index (κ3) is 6.12. The van der Waals surface area contributed by atoms with Crippen LogP contribution in [0.15, 0.2) is 24.3 Å². The fourth-order valence-corrected chi connectivity index (χ4v) is 2.45. The number of halogens is 2. The van der Waals surface area contributed by atoms with E-state index in [1.54, 1.807) is 0 Å². The summed E-state index contributed by atoms with van der Waals surface area (Å²) >= 11 is 0. The number of carbonyl (C=O) groups is 1. The Kier molecular flexibility index (Phi) is 10.2. The van der Waals surface area contributed by atoms with Gasteiger partial charge in [0.15, 0.2) is 0 Å². The predicted octanol–water partition coefficient (Wildman–Crippen LogP) is 3.07. The molecule has 1 amide bonds. The number of nitrogens with zero attached hydrogens (tertiary/aromatic N) is 1. The van der Waals surface area contributed by atoms with Gasteiger partial charge in [0.05, 0.1) is 11.4 Å². The van der Waals surface area contributed by atoms with E-state index < -0.39 is 0 Å². The average molecular weight is 334 g/mol. The van der Waals surface area contributed by atoms with Crippen molar-refractivity contribution in [2.75, 3.05) is 36.9 Å². The van der Waals surface area contributed by atoms with Crippen LogP contribution in [0, 0.1) is 0 Å². The van der Waals surface area contributed by atoms with Crippen molar-refractivity contribution in [2.24, 2.45) is 0 Å². The highest BCUT2D eigenvalue weighted by molar-refractivity contribution is 5.94.